The van der Waals surface area contributed by atoms with E-state index >= 15 is 0 Å². The SMILES string of the molecule is Cc1c(C)c(C)c(S(=O)(=O)CC(=O)NC2CCCCNC2=O)c(C)c1C. The maximum absolute atomic E-state index is 12.9. The van der Waals surface area contributed by atoms with Crippen LogP contribution < -0.4 is 10.6 Å². The molecule has 1 fully saturated rings. The zero-order valence-corrected chi connectivity index (χ0v) is 17.0. The molecule has 0 saturated carbocycles. The second-order valence-electron chi connectivity index (χ2n) is 7.12. The summed E-state index contributed by atoms with van der Waals surface area (Å²) < 4.78 is 25.9. The number of sulfone groups is 1. The highest BCUT2D eigenvalue weighted by Gasteiger charge is 2.29. The number of nitrogens with one attached hydrogen (secondary N) is 2. The highest BCUT2D eigenvalue weighted by atomic mass is 32.2. The first-order valence-corrected chi connectivity index (χ1v) is 10.6. The molecule has 6 nitrogen and oxygen atoms in total. The summed E-state index contributed by atoms with van der Waals surface area (Å²) in [6.45, 7) is 9.90. The lowest BCUT2D eigenvalue weighted by Gasteiger charge is -2.19. The molecule has 2 N–H and O–H groups in total. The van der Waals surface area contributed by atoms with E-state index in [9.17, 15) is 18.0 Å². The Kier molecular flexibility index (Phi) is 6.11. The molecule has 1 aromatic carbocycles. The molecule has 0 bridgehead atoms. The molecule has 144 valence electrons. The van der Waals surface area contributed by atoms with E-state index in [-0.39, 0.29) is 10.8 Å². The van der Waals surface area contributed by atoms with Crippen LogP contribution in [-0.4, -0.2) is 38.6 Å². The Bertz CT molecular complexity index is 815. The Morgan fingerprint density at radius 1 is 1.00 bits per heavy atom. The number of hydrogen-bond donors (Lipinski definition) is 2. The Hall–Kier alpha value is -1.89. The molecule has 2 rings (SSSR count). The highest BCUT2D eigenvalue weighted by molar-refractivity contribution is 7.92. The molecule has 0 aromatic heterocycles. The number of benzene rings is 1. The summed E-state index contributed by atoms with van der Waals surface area (Å²) in [5.41, 5.74) is 4.29. The van der Waals surface area contributed by atoms with Crippen molar-refractivity contribution in [2.45, 2.75) is 64.8 Å². The summed E-state index contributed by atoms with van der Waals surface area (Å²) >= 11 is 0. The maximum atomic E-state index is 12.9. The van der Waals surface area contributed by atoms with Crippen LogP contribution in [0.4, 0.5) is 0 Å². The lowest BCUT2D eigenvalue weighted by atomic mass is 9.95. The van der Waals surface area contributed by atoms with Crippen LogP contribution in [0.25, 0.3) is 0 Å². The van der Waals surface area contributed by atoms with Gasteiger partial charge in [0, 0.05) is 6.54 Å². The Morgan fingerprint density at radius 3 is 2.12 bits per heavy atom. The van der Waals surface area contributed by atoms with Crippen LogP contribution in [0.5, 0.6) is 0 Å². The van der Waals surface area contributed by atoms with Gasteiger partial charge in [-0.2, -0.15) is 0 Å². The predicted octanol–water partition coefficient (Wildman–Crippen LogP) is 1.79. The molecule has 1 aromatic rings. The second kappa shape index (κ2) is 7.78. The molecule has 26 heavy (non-hydrogen) atoms. The van der Waals surface area contributed by atoms with Crippen molar-refractivity contribution in [3.05, 3.63) is 27.8 Å². The minimum atomic E-state index is -3.80. The molecular weight excluding hydrogens is 352 g/mol. The average Bonchev–Trinajstić information content (AvgIpc) is 2.75. The molecular formula is C19H28N2O4S. The Balaban J connectivity index is 2.26. The molecule has 1 aliphatic rings. The summed E-state index contributed by atoms with van der Waals surface area (Å²) in [6.07, 6.45) is 2.19. The van der Waals surface area contributed by atoms with Gasteiger partial charge in [-0.15, -0.1) is 0 Å². The monoisotopic (exact) mass is 380 g/mol. The third-order valence-electron chi connectivity index (χ3n) is 5.43. The Morgan fingerprint density at radius 2 is 1.54 bits per heavy atom. The van der Waals surface area contributed by atoms with Gasteiger partial charge in [0.1, 0.15) is 11.8 Å². The average molecular weight is 381 g/mol. The normalized spacial score (nSPS) is 18.2. The number of hydrogen-bond acceptors (Lipinski definition) is 4. The van der Waals surface area contributed by atoms with Gasteiger partial charge in [-0.3, -0.25) is 9.59 Å². The van der Waals surface area contributed by atoms with Gasteiger partial charge in [-0.1, -0.05) is 0 Å². The van der Waals surface area contributed by atoms with Gasteiger partial charge >= 0.3 is 0 Å². The van der Waals surface area contributed by atoms with Crippen molar-refractivity contribution in [1.29, 1.82) is 0 Å². The van der Waals surface area contributed by atoms with E-state index in [0.29, 0.717) is 24.1 Å². The van der Waals surface area contributed by atoms with Crippen molar-refractivity contribution in [2.24, 2.45) is 0 Å². The number of amides is 2. The molecule has 0 spiro atoms. The molecule has 1 saturated heterocycles. The third kappa shape index (κ3) is 4.09. The number of carbonyl (C=O) groups excluding carboxylic acids is 2. The summed E-state index contributed by atoms with van der Waals surface area (Å²) in [6, 6.07) is -0.663. The van der Waals surface area contributed by atoms with Crippen LogP contribution in [0.1, 0.15) is 47.1 Å². The van der Waals surface area contributed by atoms with Crippen molar-refractivity contribution in [3.8, 4) is 0 Å². The topological polar surface area (TPSA) is 92.3 Å². The second-order valence-corrected chi connectivity index (χ2v) is 9.05. The van der Waals surface area contributed by atoms with Crippen LogP contribution in [-0.2, 0) is 19.4 Å². The van der Waals surface area contributed by atoms with Crippen molar-refractivity contribution < 1.29 is 18.0 Å². The molecule has 7 heteroatoms. The minimum absolute atomic E-state index is 0.235. The highest BCUT2D eigenvalue weighted by Crippen LogP contribution is 2.30. The third-order valence-corrected chi connectivity index (χ3v) is 7.31. The first kappa shape index (κ1) is 20.4. The van der Waals surface area contributed by atoms with E-state index in [1.807, 2.05) is 20.8 Å². The lowest BCUT2D eigenvalue weighted by molar-refractivity contribution is -0.127. The molecule has 0 radical (unpaired) electrons. The molecule has 1 aliphatic heterocycles. The van der Waals surface area contributed by atoms with E-state index in [4.69, 9.17) is 0 Å². The molecule has 1 heterocycles. The van der Waals surface area contributed by atoms with Crippen LogP contribution in [0.2, 0.25) is 0 Å². The quantitative estimate of drug-likeness (QED) is 0.833. The van der Waals surface area contributed by atoms with Gasteiger partial charge < -0.3 is 10.6 Å². The first-order valence-electron chi connectivity index (χ1n) is 8.93. The summed E-state index contributed by atoms with van der Waals surface area (Å²) in [7, 11) is -3.80. The van der Waals surface area contributed by atoms with E-state index in [1.54, 1.807) is 13.8 Å². The van der Waals surface area contributed by atoms with Gasteiger partial charge in [0.25, 0.3) is 0 Å². The van der Waals surface area contributed by atoms with Crippen molar-refractivity contribution in [2.75, 3.05) is 12.3 Å². The van der Waals surface area contributed by atoms with Gasteiger partial charge in [0.05, 0.1) is 4.90 Å². The van der Waals surface area contributed by atoms with Crippen LogP contribution in [0, 0.1) is 34.6 Å². The maximum Gasteiger partial charge on any atom is 0.242 e. The van der Waals surface area contributed by atoms with Gasteiger partial charge in [-0.05, 0) is 81.7 Å². The van der Waals surface area contributed by atoms with E-state index < -0.39 is 27.5 Å². The van der Waals surface area contributed by atoms with E-state index in [0.717, 1.165) is 29.5 Å². The summed E-state index contributed by atoms with van der Waals surface area (Å²) in [4.78, 5) is 24.5. The van der Waals surface area contributed by atoms with Gasteiger partial charge in [-0.25, -0.2) is 8.42 Å². The number of carbonyl (C=O) groups is 2. The van der Waals surface area contributed by atoms with E-state index in [2.05, 4.69) is 10.6 Å². The van der Waals surface area contributed by atoms with Crippen LogP contribution in [0.3, 0.4) is 0 Å². The lowest BCUT2D eigenvalue weighted by Crippen LogP contribution is -2.47. The summed E-state index contributed by atoms with van der Waals surface area (Å²) in [5, 5.41) is 5.31. The van der Waals surface area contributed by atoms with Gasteiger partial charge in [0.15, 0.2) is 9.84 Å². The summed E-state index contributed by atoms with van der Waals surface area (Å²) in [5.74, 6) is -1.54. The molecule has 2 amide bonds. The number of rotatable bonds is 4. The van der Waals surface area contributed by atoms with Crippen molar-refractivity contribution >= 4 is 21.7 Å². The van der Waals surface area contributed by atoms with Crippen LogP contribution >= 0.6 is 0 Å². The molecule has 0 aliphatic carbocycles. The fourth-order valence-corrected chi connectivity index (χ4v) is 5.30. The van der Waals surface area contributed by atoms with Gasteiger partial charge in [0.2, 0.25) is 11.8 Å². The van der Waals surface area contributed by atoms with Crippen molar-refractivity contribution in [1.82, 2.24) is 10.6 Å². The minimum Gasteiger partial charge on any atom is -0.354 e. The van der Waals surface area contributed by atoms with E-state index in [1.165, 1.54) is 0 Å². The first-order chi connectivity index (χ1) is 12.1. The molecule has 1 unspecified atom stereocenters. The fourth-order valence-electron chi connectivity index (χ4n) is 3.49. The zero-order chi connectivity index (χ0) is 19.6. The standard InChI is InChI=1S/C19H28N2O4S/c1-11-12(2)14(4)18(15(5)13(11)3)26(24,25)10-17(22)21-16-8-6-7-9-20-19(16)23/h16H,6-10H2,1-5H3,(H,20,23)(H,21,22). The van der Waals surface area contributed by atoms with Crippen LogP contribution in [0.15, 0.2) is 4.90 Å². The molecule has 1 atom stereocenters. The largest absolute Gasteiger partial charge is 0.354 e. The van der Waals surface area contributed by atoms with Crippen molar-refractivity contribution in [3.63, 3.8) is 0 Å². The predicted molar refractivity (Wildman–Crippen MR) is 101 cm³/mol. The fraction of sp³-hybridized carbons (Fsp3) is 0.579. The smallest absolute Gasteiger partial charge is 0.242 e. The Labute approximate surface area is 155 Å². The zero-order valence-electron chi connectivity index (χ0n) is 16.2.